The number of hydrogen-bond acceptors (Lipinski definition) is 4. The second-order valence-electron chi connectivity index (χ2n) is 9.58. The Morgan fingerprint density at radius 1 is 1.11 bits per heavy atom. The molecular formula is C21H23N3O3. The van der Waals surface area contributed by atoms with E-state index in [0.717, 1.165) is 18.5 Å². The molecule has 6 heteroatoms. The lowest BCUT2D eigenvalue weighted by Gasteiger charge is -2.58. The summed E-state index contributed by atoms with van der Waals surface area (Å²) in [7, 11) is 0. The van der Waals surface area contributed by atoms with Gasteiger partial charge in [-0.15, -0.1) is 0 Å². The summed E-state index contributed by atoms with van der Waals surface area (Å²) in [5.74, 6) is -0.0108. The molecule has 4 atom stereocenters. The average Bonchev–Trinajstić information content (AvgIpc) is 3.24. The van der Waals surface area contributed by atoms with Crippen molar-refractivity contribution in [1.82, 2.24) is 10.2 Å². The first-order valence-electron chi connectivity index (χ1n) is 9.85. The predicted octanol–water partition coefficient (Wildman–Crippen LogP) is 1.71. The molecule has 6 aliphatic rings. The lowest BCUT2D eigenvalue weighted by Crippen LogP contribution is -2.81. The highest BCUT2D eigenvalue weighted by Gasteiger charge is 2.80. The minimum atomic E-state index is -0.975. The van der Waals surface area contributed by atoms with Gasteiger partial charge in [-0.3, -0.25) is 14.4 Å². The van der Waals surface area contributed by atoms with E-state index in [4.69, 9.17) is 0 Å². The average molecular weight is 365 g/mol. The molecule has 5 fully saturated rings. The van der Waals surface area contributed by atoms with Crippen LogP contribution in [0.5, 0.6) is 0 Å². The van der Waals surface area contributed by atoms with Gasteiger partial charge in [0.1, 0.15) is 16.6 Å². The molecule has 4 saturated heterocycles. The zero-order valence-electron chi connectivity index (χ0n) is 15.6. The van der Waals surface area contributed by atoms with Crippen LogP contribution in [-0.2, 0) is 9.59 Å². The molecule has 3 spiro atoms. The first-order valence-corrected chi connectivity index (χ1v) is 9.85. The predicted molar refractivity (Wildman–Crippen MR) is 98.2 cm³/mol. The lowest BCUT2D eigenvalue weighted by molar-refractivity contribution is -0.175. The minimum absolute atomic E-state index is 0.0198. The van der Waals surface area contributed by atoms with Crippen LogP contribution in [0, 0.1) is 11.3 Å². The third kappa shape index (κ3) is 1.38. The largest absolute Gasteiger partial charge is 0.371 e. The van der Waals surface area contributed by atoms with Gasteiger partial charge in [-0.2, -0.15) is 0 Å². The summed E-state index contributed by atoms with van der Waals surface area (Å²) in [4.78, 5) is 42.0. The monoisotopic (exact) mass is 365 g/mol. The van der Waals surface area contributed by atoms with Gasteiger partial charge >= 0.3 is 0 Å². The maximum absolute atomic E-state index is 13.6. The number of hydrogen-bond donors (Lipinski definition) is 2. The summed E-state index contributed by atoms with van der Waals surface area (Å²) in [5, 5.41) is 6.65. The van der Waals surface area contributed by atoms with E-state index in [1.807, 2.05) is 29.2 Å². The molecule has 1 aromatic carbocycles. The fourth-order valence-electron chi connectivity index (χ4n) is 7.02. The highest BCUT2D eigenvalue weighted by Crippen LogP contribution is 2.66. The molecule has 2 bridgehead atoms. The number of Topliss-reactive ketones (excluding diaryl/α,β-unsaturated/α-hetero) is 1. The Morgan fingerprint density at radius 3 is 2.67 bits per heavy atom. The Kier molecular flexibility index (Phi) is 2.44. The second kappa shape index (κ2) is 4.21. The first kappa shape index (κ1) is 15.7. The van der Waals surface area contributed by atoms with Crippen molar-refractivity contribution in [3.8, 4) is 0 Å². The minimum Gasteiger partial charge on any atom is -0.371 e. The number of nitrogens with zero attached hydrogens (tertiary/aromatic N) is 1. The van der Waals surface area contributed by atoms with E-state index in [9.17, 15) is 14.4 Å². The number of anilines is 1. The van der Waals surface area contributed by atoms with Crippen LogP contribution < -0.4 is 10.6 Å². The van der Waals surface area contributed by atoms with E-state index in [-0.39, 0.29) is 23.5 Å². The summed E-state index contributed by atoms with van der Waals surface area (Å²) in [6.07, 6.45) is 2.57. The number of piperazine rings is 1. The van der Waals surface area contributed by atoms with Crippen LogP contribution in [0.1, 0.15) is 49.9 Å². The fraction of sp³-hybridized carbons (Fsp3) is 0.571. The second-order valence-corrected chi connectivity index (χ2v) is 9.58. The summed E-state index contributed by atoms with van der Waals surface area (Å²) < 4.78 is 0. The van der Waals surface area contributed by atoms with Crippen molar-refractivity contribution in [1.29, 1.82) is 0 Å². The summed E-state index contributed by atoms with van der Waals surface area (Å²) in [5.41, 5.74) is -1.49. The van der Waals surface area contributed by atoms with E-state index < -0.39 is 22.0 Å². The number of carbonyl (C=O) groups is 3. The van der Waals surface area contributed by atoms with Crippen LogP contribution in [0.4, 0.5) is 5.69 Å². The van der Waals surface area contributed by atoms with E-state index in [1.54, 1.807) is 0 Å². The molecule has 5 heterocycles. The highest BCUT2D eigenvalue weighted by atomic mass is 16.2. The standard InChI is InChI=1S/C21H23N3O3/c1-18(2)14-10-19-8-5-9-24(19)17(27)20(14,23-16(19)26)11-21(18)15(25)12-6-3-4-7-13(12)22-21/h3-4,6-7,14,22H,5,8-11H2,1-2H3,(H,23,26)/t14-,19+,20+,21+/m0/s1. The van der Waals surface area contributed by atoms with E-state index in [0.29, 0.717) is 24.9 Å². The molecule has 6 nitrogen and oxygen atoms in total. The number of rotatable bonds is 0. The van der Waals surface area contributed by atoms with Crippen LogP contribution in [-0.4, -0.2) is 45.7 Å². The van der Waals surface area contributed by atoms with Gasteiger partial charge in [0.05, 0.1) is 0 Å². The van der Waals surface area contributed by atoms with Gasteiger partial charge in [0.15, 0.2) is 5.78 Å². The number of piperidine rings is 2. The van der Waals surface area contributed by atoms with Crippen LogP contribution >= 0.6 is 0 Å². The number of amides is 2. The van der Waals surface area contributed by atoms with Crippen LogP contribution in [0.25, 0.3) is 0 Å². The highest BCUT2D eigenvalue weighted by molar-refractivity contribution is 6.16. The summed E-state index contributed by atoms with van der Waals surface area (Å²) in [6.45, 7) is 4.84. The van der Waals surface area contributed by atoms with Gasteiger partial charge in [0.2, 0.25) is 11.8 Å². The molecule has 7 rings (SSSR count). The van der Waals surface area contributed by atoms with Crippen molar-refractivity contribution in [2.45, 2.75) is 56.1 Å². The molecule has 2 N–H and O–H groups in total. The molecular weight excluding hydrogens is 342 g/mol. The zero-order chi connectivity index (χ0) is 18.8. The summed E-state index contributed by atoms with van der Waals surface area (Å²) >= 11 is 0. The third-order valence-corrected chi connectivity index (χ3v) is 8.43. The number of carbonyl (C=O) groups excluding carboxylic acids is 3. The molecule has 0 radical (unpaired) electrons. The normalized spacial score (nSPS) is 42.8. The van der Waals surface area contributed by atoms with Crippen molar-refractivity contribution < 1.29 is 14.4 Å². The Bertz CT molecular complexity index is 956. The molecule has 140 valence electrons. The zero-order valence-corrected chi connectivity index (χ0v) is 15.6. The van der Waals surface area contributed by atoms with Crippen LogP contribution in [0.3, 0.4) is 0 Å². The molecule has 27 heavy (non-hydrogen) atoms. The van der Waals surface area contributed by atoms with Gasteiger partial charge in [-0.1, -0.05) is 26.0 Å². The molecule has 1 aliphatic carbocycles. The van der Waals surface area contributed by atoms with Crippen molar-refractivity contribution in [2.75, 3.05) is 11.9 Å². The van der Waals surface area contributed by atoms with Crippen molar-refractivity contribution in [3.63, 3.8) is 0 Å². The Labute approximate surface area is 157 Å². The van der Waals surface area contributed by atoms with E-state index >= 15 is 0 Å². The van der Waals surface area contributed by atoms with Crippen molar-refractivity contribution in [3.05, 3.63) is 29.8 Å². The molecule has 0 unspecified atom stereocenters. The number of benzene rings is 1. The lowest BCUT2D eigenvalue weighted by atomic mass is 9.59. The van der Waals surface area contributed by atoms with Gasteiger partial charge in [0, 0.05) is 35.5 Å². The maximum Gasteiger partial charge on any atom is 0.249 e. The topological polar surface area (TPSA) is 78.5 Å². The van der Waals surface area contributed by atoms with Gasteiger partial charge < -0.3 is 15.5 Å². The fourth-order valence-corrected chi connectivity index (χ4v) is 7.02. The Morgan fingerprint density at radius 2 is 1.89 bits per heavy atom. The van der Waals surface area contributed by atoms with E-state index in [2.05, 4.69) is 24.5 Å². The number of para-hydroxylation sites is 1. The Balaban J connectivity index is 1.55. The van der Waals surface area contributed by atoms with Crippen molar-refractivity contribution >= 4 is 23.3 Å². The van der Waals surface area contributed by atoms with Gasteiger partial charge in [-0.25, -0.2) is 0 Å². The number of nitrogens with one attached hydrogen (secondary N) is 2. The third-order valence-electron chi connectivity index (χ3n) is 8.43. The number of ketones is 1. The van der Waals surface area contributed by atoms with Gasteiger partial charge in [-0.05, 0) is 31.4 Å². The molecule has 2 amide bonds. The maximum atomic E-state index is 13.6. The molecule has 0 aromatic heterocycles. The smallest absolute Gasteiger partial charge is 0.249 e. The summed E-state index contributed by atoms with van der Waals surface area (Å²) in [6, 6.07) is 7.56. The Hall–Kier alpha value is -2.37. The number of fused-ring (bicyclic) bond motifs is 2. The van der Waals surface area contributed by atoms with Crippen molar-refractivity contribution in [2.24, 2.45) is 11.3 Å². The van der Waals surface area contributed by atoms with Crippen LogP contribution in [0.15, 0.2) is 24.3 Å². The molecule has 1 aromatic rings. The van der Waals surface area contributed by atoms with E-state index in [1.165, 1.54) is 0 Å². The molecule has 1 saturated carbocycles. The first-order chi connectivity index (χ1) is 12.8. The SMILES string of the molecule is CC1(C)[C@@H]2C[C@@]34CCCN3C(=O)[C@]2(C[C@]12Nc1ccccc1C2=O)NC4=O. The molecule has 5 aliphatic heterocycles. The quantitative estimate of drug-likeness (QED) is 0.734. The van der Waals surface area contributed by atoms with Crippen LogP contribution in [0.2, 0.25) is 0 Å². The van der Waals surface area contributed by atoms with Gasteiger partial charge in [0.25, 0.3) is 0 Å².